The number of carbonyl (C=O) groups is 1. The van der Waals surface area contributed by atoms with Crippen LogP contribution in [0.4, 0.5) is 5.69 Å². The monoisotopic (exact) mass is 597 g/mol. The van der Waals surface area contributed by atoms with E-state index in [2.05, 4.69) is 24.0 Å². The molecule has 0 spiro atoms. The van der Waals surface area contributed by atoms with Gasteiger partial charge in [0.25, 0.3) is 5.56 Å². The number of ether oxygens (including phenoxy) is 3. The summed E-state index contributed by atoms with van der Waals surface area (Å²) in [6.07, 6.45) is 3.26. The predicted octanol–water partition coefficient (Wildman–Crippen LogP) is 4.58. The molecule has 1 atom stereocenters. The number of aromatic nitrogens is 1. The molecule has 0 saturated carbocycles. The van der Waals surface area contributed by atoms with Crippen LogP contribution in [0.3, 0.4) is 0 Å². The lowest BCUT2D eigenvalue weighted by molar-refractivity contribution is -0.139. The molecule has 1 fully saturated rings. The van der Waals surface area contributed by atoms with Gasteiger partial charge in [-0.1, -0.05) is 67.1 Å². The van der Waals surface area contributed by atoms with Crippen molar-refractivity contribution < 1.29 is 19.0 Å². The lowest BCUT2D eigenvalue weighted by Gasteiger charge is -2.28. The molecular formula is C34H35N3O5S. The van der Waals surface area contributed by atoms with E-state index in [0.29, 0.717) is 32.8 Å². The topological polar surface area (TPSA) is 82.4 Å². The van der Waals surface area contributed by atoms with Crippen molar-refractivity contribution in [1.29, 1.82) is 0 Å². The maximum absolute atomic E-state index is 14.3. The van der Waals surface area contributed by atoms with Crippen molar-refractivity contribution in [3.8, 4) is 5.75 Å². The lowest BCUT2D eigenvalue weighted by atomic mass is 9.90. The molecule has 6 rings (SSSR count). The van der Waals surface area contributed by atoms with Crippen molar-refractivity contribution in [2.24, 2.45) is 4.99 Å². The molecule has 43 heavy (non-hydrogen) atoms. The number of esters is 1. The largest absolute Gasteiger partial charge is 0.496 e. The third-order valence-electron chi connectivity index (χ3n) is 7.88. The van der Waals surface area contributed by atoms with Gasteiger partial charge in [-0.05, 0) is 54.0 Å². The highest BCUT2D eigenvalue weighted by Gasteiger charge is 2.37. The summed E-state index contributed by atoms with van der Waals surface area (Å²) in [4.78, 5) is 35.7. The first-order valence-electron chi connectivity index (χ1n) is 14.7. The average Bonchev–Trinajstić information content (AvgIpc) is 3.34. The Morgan fingerprint density at radius 1 is 1.07 bits per heavy atom. The zero-order valence-corrected chi connectivity index (χ0v) is 25.5. The number of hydrogen-bond acceptors (Lipinski definition) is 8. The summed E-state index contributed by atoms with van der Waals surface area (Å²) in [6.45, 7) is 7.21. The van der Waals surface area contributed by atoms with Gasteiger partial charge in [-0.2, -0.15) is 0 Å². The summed E-state index contributed by atoms with van der Waals surface area (Å²) in [5.41, 5.74) is 3.61. The molecular weight excluding hydrogens is 562 g/mol. The molecule has 0 aliphatic carbocycles. The van der Waals surface area contributed by atoms with Crippen LogP contribution < -0.4 is 24.5 Å². The smallest absolute Gasteiger partial charge is 0.338 e. The molecule has 2 aliphatic heterocycles. The normalized spacial score (nSPS) is 17.1. The van der Waals surface area contributed by atoms with Crippen LogP contribution in [-0.4, -0.2) is 50.6 Å². The van der Waals surface area contributed by atoms with Gasteiger partial charge in [-0.25, -0.2) is 9.79 Å². The zero-order chi connectivity index (χ0) is 29.9. The zero-order valence-electron chi connectivity index (χ0n) is 24.7. The summed E-state index contributed by atoms with van der Waals surface area (Å²) in [5, 5.41) is 1.89. The number of anilines is 1. The molecule has 222 valence electrons. The van der Waals surface area contributed by atoms with Gasteiger partial charge in [0, 0.05) is 24.3 Å². The quantitative estimate of drug-likeness (QED) is 0.277. The fourth-order valence-electron chi connectivity index (χ4n) is 5.88. The molecule has 0 bridgehead atoms. The van der Waals surface area contributed by atoms with E-state index in [1.807, 2.05) is 54.6 Å². The second-order valence-electron chi connectivity index (χ2n) is 10.5. The Kier molecular flexibility index (Phi) is 8.44. The molecule has 4 aromatic rings. The van der Waals surface area contributed by atoms with Gasteiger partial charge in [-0.3, -0.25) is 9.36 Å². The number of carbonyl (C=O) groups excluding carboxylic acids is 1. The second-order valence-corrected chi connectivity index (χ2v) is 11.5. The van der Waals surface area contributed by atoms with E-state index in [4.69, 9.17) is 19.2 Å². The van der Waals surface area contributed by atoms with E-state index in [1.165, 1.54) is 11.3 Å². The Labute approximate surface area is 254 Å². The molecule has 3 aromatic carbocycles. The second kappa shape index (κ2) is 12.6. The molecule has 0 unspecified atom stereocenters. The van der Waals surface area contributed by atoms with Crippen LogP contribution >= 0.6 is 11.3 Å². The average molecular weight is 598 g/mol. The van der Waals surface area contributed by atoms with Gasteiger partial charge < -0.3 is 19.1 Å². The third-order valence-corrected chi connectivity index (χ3v) is 8.87. The number of nitrogens with zero attached hydrogens (tertiary/aromatic N) is 3. The molecule has 3 heterocycles. The lowest BCUT2D eigenvalue weighted by Crippen LogP contribution is -2.40. The minimum Gasteiger partial charge on any atom is -0.496 e. The molecule has 8 nitrogen and oxygen atoms in total. The highest BCUT2D eigenvalue weighted by molar-refractivity contribution is 7.07. The number of allylic oxidation sites excluding steroid dienone is 1. The first kappa shape index (κ1) is 28.9. The van der Waals surface area contributed by atoms with E-state index in [9.17, 15) is 9.59 Å². The van der Waals surface area contributed by atoms with E-state index < -0.39 is 12.0 Å². The molecule has 1 aromatic heterocycles. The van der Waals surface area contributed by atoms with Crippen molar-refractivity contribution in [3.63, 3.8) is 0 Å². The highest BCUT2D eigenvalue weighted by atomic mass is 32.1. The van der Waals surface area contributed by atoms with Gasteiger partial charge in [0.2, 0.25) is 0 Å². The first-order valence-corrected chi connectivity index (χ1v) is 15.6. The number of hydrogen-bond donors (Lipinski definition) is 0. The standard InChI is InChI=1S/C34H35N3O5S/c1-4-8-26-30(33(39)42-5-2)31(29-25-10-7-6-9-23(25)13-16-27(29)40-3)37-32(38)28(43-34(37)35-26)21-22-11-14-24(15-12-22)36-17-19-41-20-18-36/h6-7,9-16,21,31H,4-5,8,17-20H2,1-3H3/b28-21+/t31-/m1/s1. The minimum atomic E-state index is -0.760. The number of morpholine rings is 1. The highest BCUT2D eigenvalue weighted by Crippen LogP contribution is 2.41. The van der Waals surface area contributed by atoms with Crippen LogP contribution in [0.2, 0.25) is 0 Å². The van der Waals surface area contributed by atoms with Crippen LogP contribution in [0.5, 0.6) is 5.75 Å². The van der Waals surface area contributed by atoms with Crippen LogP contribution in [-0.2, 0) is 14.3 Å². The predicted molar refractivity (Wildman–Crippen MR) is 170 cm³/mol. The number of methoxy groups -OCH3 is 1. The maximum atomic E-state index is 14.3. The summed E-state index contributed by atoms with van der Waals surface area (Å²) < 4.78 is 19.1. The van der Waals surface area contributed by atoms with Crippen LogP contribution in [0.25, 0.3) is 16.8 Å². The van der Waals surface area contributed by atoms with Crippen LogP contribution in [0, 0.1) is 0 Å². The van der Waals surface area contributed by atoms with E-state index in [-0.39, 0.29) is 12.2 Å². The number of thiazole rings is 1. The summed E-state index contributed by atoms with van der Waals surface area (Å²) in [7, 11) is 1.61. The van der Waals surface area contributed by atoms with Gasteiger partial charge in [0.1, 0.15) is 11.8 Å². The Bertz CT molecular complexity index is 1870. The number of rotatable bonds is 8. The summed E-state index contributed by atoms with van der Waals surface area (Å²) in [5.74, 6) is 0.124. The molecule has 0 amide bonds. The Balaban J connectivity index is 1.56. The molecule has 1 saturated heterocycles. The molecule has 0 radical (unpaired) electrons. The van der Waals surface area contributed by atoms with Crippen molar-refractivity contribution in [2.75, 3.05) is 44.9 Å². The minimum absolute atomic E-state index is 0.210. The van der Waals surface area contributed by atoms with Crippen molar-refractivity contribution >= 4 is 39.8 Å². The van der Waals surface area contributed by atoms with E-state index in [0.717, 1.165) is 60.3 Å². The fraction of sp³-hybridized carbons (Fsp3) is 0.324. The van der Waals surface area contributed by atoms with Crippen molar-refractivity contribution in [1.82, 2.24) is 4.57 Å². The molecule has 0 N–H and O–H groups in total. The first-order chi connectivity index (χ1) is 21.0. The van der Waals surface area contributed by atoms with Gasteiger partial charge >= 0.3 is 5.97 Å². The Hall–Kier alpha value is -4.21. The maximum Gasteiger partial charge on any atom is 0.338 e. The van der Waals surface area contributed by atoms with Crippen LogP contribution in [0.1, 0.15) is 43.9 Å². The van der Waals surface area contributed by atoms with E-state index >= 15 is 0 Å². The summed E-state index contributed by atoms with van der Waals surface area (Å²) >= 11 is 1.34. The fourth-order valence-corrected chi connectivity index (χ4v) is 6.90. The Morgan fingerprint density at radius 3 is 2.56 bits per heavy atom. The molecule has 9 heteroatoms. The molecule has 2 aliphatic rings. The van der Waals surface area contributed by atoms with Crippen molar-refractivity contribution in [3.05, 3.63) is 103 Å². The SMILES string of the molecule is CCCC1=C(C(=O)OCC)[C@@H](c2c(OC)ccc3ccccc23)n2c(s/c(=C/c3ccc(N4CCOCC4)cc3)c2=O)=N1. The van der Waals surface area contributed by atoms with E-state index in [1.54, 1.807) is 18.6 Å². The third kappa shape index (κ3) is 5.50. The number of fused-ring (bicyclic) bond motifs is 2. The van der Waals surface area contributed by atoms with Crippen molar-refractivity contribution in [2.45, 2.75) is 32.7 Å². The van der Waals surface area contributed by atoms with Crippen LogP contribution in [0.15, 0.2) is 81.7 Å². The number of benzene rings is 3. The Morgan fingerprint density at radius 2 is 1.84 bits per heavy atom. The summed E-state index contributed by atoms with van der Waals surface area (Å²) in [6, 6.07) is 19.3. The van der Waals surface area contributed by atoms with Gasteiger partial charge in [0.15, 0.2) is 4.80 Å². The van der Waals surface area contributed by atoms with Gasteiger partial charge in [0.05, 0.1) is 42.7 Å². The van der Waals surface area contributed by atoms with Gasteiger partial charge in [-0.15, -0.1) is 0 Å².